The minimum absolute atomic E-state index is 0.165. The maximum absolute atomic E-state index is 10.9. The summed E-state index contributed by atoms with van der Waals surface area (Å²) in [5.41, 5.74) is 0. The van der Waals surface area contributed by atoms with Gasteiger partial charge in [-0.15, -0.1) is 0 Å². The van der Waals surface area contributed by atoms with Crippen molar-refractivity contribution in [3.05, 3.63) is 0 Å². The first-order chi connectivity index (χ1) is 6.07. The molecule has 0 saturated carbocycles. The molecule has 0 aromatic heterocycles. The molecule has 0 rings (SSSR count). The van der Waals surface area contributed by atoms with Gasteiger partial charge in [-0.05, 0) is 0 Å². The lowest BCUT2D eigenvalue weighted by molar-refractivity contribution is -0.141. The van der Waals surface area contributed by atoms with Crippen LogP contribution in [0.3, 0.4) is 0 Å². The highest BCUT2D eigenvalue weighted by molar-refractivity contribution is 5.77. The van der Waals surface area contributed by atoms with E-state index >= 15 is 0 Å². The van der Waals surface area contributed by atoms with Crippen LogP contribution in [0.15, 0.2) is 0 Å². The van der Waals surface area contributed by atoms with Crippen LogP contribution in [0.4, 0.5) is 0 Å². The molecular formula is C8H15NO4. The van der Waals surface area contributed by atoms with E-state index in [9.17, 15) is 9.59 Å². The first-order valence-corrected chi connectivity index (χ1v) is 4.06. The average molecular weight is 189 g/mol. The Morgan fingerprint density at radius 3 is 2.62 bits per heavy atom. The van der Waals surface area contributed by atoms with E-state index in [0.717, 1.165) is 0 Å². The topological polar surface area (TPSA) is 75.6 Å². The second-order valence-electron chi connectivity index (χ2n) is 2.79. The molecule has 0 aliphatic heterocycles. The molecule has 0 aromatic rings. The molecular weight excluding hydrogens is 174 g/mol. The van der Waals surface area contributed by atoms with Crippen molar-refractivity contribution in [3.63, 3.8) is 0 Å². The highest BCUT2D eigenvalue weighted by atomic mass is 16.5. The molecule has 0 aliphatic carbocycles. The Labute approximate surface area is 77.1 Å². The number of carboxylic acids is 1. The van der Waals surface area contributed by atoms with Crippen LogP contribution in [0.5, 0.6) is 0 Å². The number of methoxy groups -OCH3 is 1. The zero-order valence-corrected chi connectivity index (χ0v) is 7.87. The summed E-state index contributed by atoms with van der Waals surface area (Å²) >= 11 is 0. The van der Waals surface area contributed by atoms with E-state index in [0.29, 0.717) is 6.61 Å². The predicted octanol–water partition coefficient (Wildman–Crippen LogP) is -0.140. The molecule has 13 heavy (non-hydrogen) atoms. The lowest BCUT2D eigenvalue weighted by atomic mass is 10.2. The zero-order valence-electron chi connectivity index (χ0n) is 7.87. The fourth-order valence-corrected chi connectivity index (χ4v) is 0.637. The summed E-state index contributed by atoms with van der Waals surface area (Å²) in [7, 11) is 1.51. The molecule has 0 spiro atoms. The van der Waals surface area contributed by atoms with E-state index in [4.69, 9.17) is 5.11 Å². The number of aliphatic carboxylic acids is 1. The van der Waals surface area contributed by atoms with Crippen LogP contribution in [0, 0.1) is 5.92 Å². The van der Waals surface area contributed by atoms with Crippen molar-refractivity contribution in [1.29, 1.82) is 0 Å². The van der Waals surface area contributed by atoms with Gasteiger partial charge in [-0.3, -0.25) is 9.59 Å². The highest BCUT2D eigenvalue weighted by Gasteiger charge is 2.11. The van der Waals surface area contributed by atoms with Crippen molar-refractivity contribution in [2.75, 3.05) is 20.3 Å². The fraction of sp³-hybridized carbons (Fsp3) is 0.750. The summed E-state index contributed by atoms with van der Waals surface area (Å²) in [6.07, 6.45) is 0.267. The number of ether oxygens (including phenoxy) is 1. The summed E-state index contributed by atoms with van der Waals surface area (Å²) in [5.74, 6) is -1.64. The second-order valence-corrected chi connectivity index (χ2v) is 2.79. The molecule has 0 aromatic carbocycles. The molecule has 76 valence electrons. The Morgan fingerprint density at radius 2 is 2.15 bits per heavy atom. The van der Waals surface area contributed by atoms with Gasteiger partial charge in [0.15, 0.2) is 0 Å². The van der Waals surface area contributed by atoms with Crippen molar-refractivity contribution in [2.24, 2.45) is 5.92 Å². The zero-order chi connectivity index (χ0) is 10.3. The van der Waals surface area contributed by atoms with E-state index in [2.05, 4.69) is 10.1 Å². The van der Waals surface area contributed by atoms with Crippen LogP contribution in [0.25, 0.3) is 0 Å². The van der Waals surface area contributed by atoms with Crippen molar-refractivity contribution in [1.82, 2.24) is 5.32 Å². The molecule has 2 N–H and O–H groups in total. The molecule has 0 bridgehead atoms. The molecule has 0 fully saturated rings. The van der Waals surface area contributed by atoms with Crippen molar-refractivity contribution in [3.8, 4) is 0 Å². The summed E-state index contributed by atoms with van der Waals surface area (Å²) in [6, 6.07) is 0. The van der Waals surface area contributed by atoms with Gasteiger partial charge >= 0.3 is 5.97 Å². The number of rotatable bonds is 6. The summed E-state index contributed by atoms with van der Waals surface area (Å²) in [4.78, 5) is 21.3. The number of carboxylic acid groups (broad SMARTS) is 1. The summed E-state index contributed by atoms with van der Waals surface area (Å²) in [5, 5.41) is 11.0. The third kappa shape index (κ3) is 6.10. The number of nitrogens with one attached hydrogen (secondary N) is 1. The van der Waals surface area contributed by atoms with Gasteiger partial charge in [-0.25, -0.2) is 0 Å². The van der Waals surface area contributed by atoms with Gasteiger partial charge in [-0.1, -0.05) is 6.92 Å². The lowest BCUT2D eigenvalue weighted by Crippen LogP contribution is -2.31. The number of hydrogen-bond donors (Lipinski definition) is 2. The van der Waals surface area contributed by atoms with Gasteiger partial charge in [0.25, 0.3) is 0 Å². The third-order valence-electron chi connectivity index (χ3n) is 1.56. The van der Waals surface area contributed by atoms with Crippen LogP contribution < -0.4 is 5.32 Å². The molecule has 0 radical (unpaired) electrons. The fourth-order valence-electron chi connectivity index (χ4n) is 0.637. The quantitative estimate of drug-likeness (QED) is 0.609. The van der Waals surface area contributed by atoms with E-state index in [1.165, 1.54) is 7.11 Å². The predicted molar refractivity (Wildman–Crippen MR) is 46.3 cm³/mol. The Kier molecular flexibility index (Phi) is 5.88. The Balaban J connectivity index is 3.52. The summed E-state index contributed by atoms with van der Waals surface area (Å²) < 4.78 is 4.69. The van der Waals surface area contributed by atoms with E-state index in [1.807, 2.05) is 0 Å². The van der Waals surface area contributed by atoms with Crippen LogP contribution in [0.2, 0.25) is 0 Å². The monoisotopic (exact) mass is 189 g/mol. The maximum Gasteiger partial charge on any atom is 0.308 e. The van der Waals surface area contributed by atoms with E-state index in [1.54, 1.807) is 6.92 Å². The molecule has 1 amide bonds. The maximum atomic E-state index is 10.9. The van der Waals surface area contributed by atoms with Gasteiger partial charge in [0.05, 0.1) is 12.5 Å². The van der Waals surface area contributed by atoms with E-state index in [-0.39, 0.29) is 18.9 Å². The normalized spacial score (nSPS) is 12.2. The van der Waals surface area contributed by atoms with Gasteiger partial charge < -0.3 is 15.2 Å². The number of hydrogen-bond acceptors (Lipinski definition) is 3. The second kappa shape index (κ2) is 6.42. The van der Waals surface area contributed by atoms with Crippen LogP contribution in [0.1, 0.15) is 13.3 Å². The van der Waals surface area contributed by atoms with Gasteiger partial charge in [0.2, 0.25) is 5.91 Å². The molecule has 1 atom stereocenters. The van der Waals surface area contributed by atoms with Crippen LogP contribution >= 0.6 is 0 Å². The van der Waals surface area contributed by atoms with Crippen LogP contribution in [-0.4, -0.2) is 37.2 Å². The number of carbonyl (C=O) groups is 2. The minimum Gasteiger partial charge on any atom is -0.481 e. The van der Waals surface area contributed by atoms with Crippen molar-refractivity contribution >= 4 is 11.9 Å². The largest absolute Gasteiger partial charge is 0.481 e. The van der Waals surface area contributed by atoms with Gasteiger partial charge in [0, 0.05) is 20.1 Å². The number of carbonyl (C=O) groups excluding carboxylic acids is 1. The molecule has 0 saturated heterocycles. The SMILES string of the molecule is COCCC(=O)NCC(C)C(=O)O. The van der Waals surface area contributed by atoms with E-state index < -0.39 is 11.9 Å². The summed E-state index contributed by atoms with van der Waals surface area (Å²) in [6.45, 7) is 2.06. The van der Waals surface area contributed by atoms with Crippen molar-refractivity contribution < 1.29 is 19.4 Å². The molecule has 5 nitrogen and oxygen atoms in total. The molecule has 1 unspecified atom stereocenters. The Morgan fingerprint density at radius 1 is 1.54 bits per heavy atom. The van der Waals surface area contributed by atoms with Crippen LogP contribution in [-0.2, 0) is 14.3 Å². The molecule has 0 aliphatic rings. The average Bonchev–Trinajstić information content (AvgIpc) is 2.10. The first kappa shape index (κ1) is 11.9. The minimum atomic E-state index is -0.910. The number of amides is 1. The van der Waals surface area contributed by atoms with Crippen molar-refractivity contribution in [2.45, 2.75) is 13.3 Å². The Bertz CT molecular complexity index is 181. The first-order valence-electron chi connectivity index (χ1n) is 4.06. The Hall–Kier alpha value is -1.10. The smallest absolute Gasteiger partial charge is 0.308 e. The van der Waals surface area contributed by atoms with Gasteiger partial charge in [-0.2, -0.15) is 0 Å². The lowest BCUT2D eigenvalue weighted by Gasteiger charge is -2.07. The highest BCUT2D eigenvalue weighted by Crippen LogP contribution is 1.91. The molecule has 5 heteroatoms. The standard InChI is InChI=1S/C8H15NO4/c1-6(8(11)12)5-9-7(10)3-4-13-2/h6H,3-5H2,1-2H3,(H,9,10)(H,11,12). The molecule has 0 heterocycles. The third-order valence-corrected chi connectivity index (χ3v) is 1.56. The van der Waals surface area contributed by atoms with Gasteiger partial charge in [0.1, 0.15) is 0 Å².